The van der Waals surface area contributed by atoms with Gasteiger partial charge in [-0.15, -0.1) is 0 Å². The summed E-state index contributed by atoms with van der Waals surface area (Å²) in [4.78, 5) is 23.5. The van der Waals surface area contributed by atoms with Crippen molar-refractivity contribution < 1.29 is 14.3 Å². The highest BCUT2D eigenvalue weighted by molar-refractivity contribution is 5.97. The quantitative estimate of drug-likeness (QED) is 0.670. The number of rotatable bonds is 5. The number of hydrogen-bond donors (Lipinski definition) is 1. The molecule has 0 spiro atoms. The van der Waals surface area contributed by atoms with Gasteiger partial charge in [0, 0.05) is 6.92 Å². The van der Waals surface area contributed by atoms with Gasteiger partial charge in [-0.2, -0.15) is 0 Å². The second-order valence-electron chi connectivity index (χ2n) is 5.75. The van der Waals surface area contributed by atoms with Crippen LogP contribution in [0.1, 0.15) is 44.6 Å². The molecule has 1 amide bonds. The van der Waals surface area contributed by atoms with Crippen LogP contribution in [0.5, 0.6) is 0 Å². The summed E-state index contributed by atoms with van der Waals surface area (Å²) in [6, 6.07) is 9.40. The first-order valence-corrected chi connectivity index (χ1v) is 7.86. The first-order valence-electron chi connectivity index (χ1n) is 7.86. The number of benzene rings is 1. The highest BCUT2D eigenvalue weighted by atomic mass is 16.5. The molecule has 1 N–H and O–H groups in total. The van der Waals surface area contributed by atoms with Gasteiger partial charge in [0.25, 0.3) is 0 Å². The average molecular weight is 301 g/mol. The van der Waals surface area contributed by atoms with E-state index in [1.54, 1.807) is 6.08 Å². The molecule has 2 rings (SSSR count). The Balaban J connectivity index is 1.99. The first kappa shape index (κ1) is 16.3. The fourth-order valence-electron chi connectivity index (χ4n) is 2.68. The molecular formula is C18H23NO3. The monoisotopic (exact) mass is 301 g/mol. The third-order valence-electron chi connectivity index (χ3n) is 3.82. The number of nitrogens with one attached hydrogen (secondary N) is 1. The summed E-state index contributed by atoms with van der Waals surface area (Å²) in [5, 5.41) is 2.56. The number of ether oxygens (including phenoxy) is 1. The van der Waals surface area contributed by atoms with Crippen LogP contribution in [0.4, 0.5) is 0 Å². The van der Waals surface area contributed by atoms with Crippen LogP contribution >= 0.6 is 0 Å². The van der Waals surface area contributed by atoms with E-state index in [-0.39, 0.29) is 11.6 Å². The van der Waals surface area contributed by atoms with E-state index in [1.807, 2.05) is 30.3 Å². The summed E-state index contributed by atoms with van der Waals surface area (Å²) in [7, 11) is 0. The minimum atomic E-state index is -0.468. The molecule has 1 aromatic carbocycles. The normalized spacial score (nSPS) is 16.1. The van der Waals surface area contributed by atoms with Gasteiger partial charge in [0.05, 0.1) is 6.61 Å². The molecule has 0 unspecified atom stereocenters. The van der Waals surface area contributed by atoms with Crippen molar-refractivity contribution in [3.05, 3.63) is 41.6 Å². The predicted molar refractivity (Wildman–Crippen MR) is 85.8 cm³/mol. The number of hydrogen-bond acceptors (Lipinski definition) is 3. The molecule has 4 heteroatoms. The number of carbonyl (C=O) groups excluding carboxylic acids is 2. The van der Waals surface area contributed by atoms with E-state index in [0.717, 1.165) is 18.4 Å². The van der Waals surface area contributed by atoms with Crippen LogP contribution in [0.2, 0.25) is 0 Å². The van der Waals surface area contributed by atoms with Crippen LogP contribution in [0, 0.1) is 5.92 Å². The summed E-state index contributed by atoms with van der Waals surface area (Å²) >= 11 is 0. The summed E-state index contributed by atoms with van der Waals surface area (Å²) in [6.07, 6.45) is 7.57. The molecule has 0 aromatic heterocycles. The lowest BCUT2D eigenvalue weighted by Gasteiger charge is -2.21. The molecule has 1 aromatic rings. The standard InChI is InChI=1S/C18H23NO3/c1-14(20)19-17(12-15-8-4-2-5-9-15)18(21)22-13-16-10-6-3-7-11-16/h2,4-5,8-9,12,16H,3,6-7,10-11,13H2,1H3,(H,19,20). The van der Waals surface area contributed by atoms with Gasteiger partial charge >= 0.3 is 5.97 Å². The molecule has 4 nitrogen and oxygen atoms in total. The van der Waals surface area contributed by atoms with Crippen molar-refractivity contribution in [2.24, 2.45) is 5.92 Å². The molecule has 0 heterocycles. The highest BCUT2D eigenvalue weighted by Crippen LogP contribution is 2.23. The van der Waals surface area contributed by atoms with E-state index in [0.29, 0.717) is 12.5 Å². The molecule has 1 fully saturated rings. The second-order valence-corrected chi connectivity index (χ2v) is 5.75. The van der Waals surface area contributed by atoms with E-state index in [9.17, 15) is 9.59 Å². The zero-order chi connectivity index (χ0) is 15.8. The van der Waals surface area contributed by atoms with Gasteiger partial charge in [-0.3, -0.25) is 4.79 Å². The van der Waals surface area contributed by atoms with E-state index in [1.165, 1.54) is 26.2 Å². The minimum absolute atomic E-state index is 0.189. The number of amides is 1. The third kappa shape index (κ3) is 5.35. The van der Waals surface area contributed by atoms with Crippen molar-refractivity contribution in [3.8, 4) is 0 Å². The van der Waals surface area contributed by atoms with Gasteiger partial charge < -0.3 is 10.1 Å². The van der Waals surface area contributed by atoms with Gasteiger partial charge in [-0.05, 0) is 30.4 Å². The molecule has 1 aliphatic carbocycles. The number of carbonyl (C=O) groups is 2. The van der Waals surface area contributed by atoms with E-state index in [2.05, 4.69) is 5.32 Å². The molecule has 0 bridgehead atoms. The fraction of sp³-hybridized carbons (Fsp3) is 0.444. The lowest BCUT2D eigenvalue weighted by atomic mass is 9.90. The van der Waals surface area contributed by atoms with E-state index in [4.69, 9.17) is 4.74 Å². The van der Waals surface area contributed by atoms with Crippen molar-refractivity contribution in [3.63, 3.8) is 0 Å². The van der Waals surface area contributed by atoms with Crippen molar-refractivity contribution in [2.75, 3.05) is 6.61 Å². The van der Waals surface area contributed by atoms with Crippen LogP contribution in [-0.4, -0.2) is 18.5 Å². The molecule has 0 aliphatic heterocycles. The fourth-order valence-corrected chi connectivity index (χ4v) is 2.68. The van der Waals surface area contributed by atoms with Crippen molar-refractivity contribution in [1.29, 1.82) is 0 Å². The maximum absolute atomic E-state index is 12.2. The first-order chi connectivity index (χ1) is 10.6. The summed E-state index contributed by atoms with van der Waals surface area (Å²) < 4.78 is 5.39. The molecule has 0 atom stereocenters. The molecule has 0 radical (unpaired) electrons. The minimum Gasteiger partial charge on any atom is -0.461 e. The zero-order valence-electron chi connectivity index (χ0n) is 13.0. The van der Waals surface area contributed by atoms with Crippen LogP contribution < -0.4 is 5.32 Å². The lowest BCUT2D eigenvalue weighted by Crippen LogP contribution is -2.27. The summed E-state index contributed by atoms with van der Waals surface area (Å²) in [5.74, 6) is -0.297. The molecule has 118 valence electrons. The van der Waals surface area contributed by atoms with Crippen molar-refractivity contribution in [1.82, 2.24) is 5.32 Å². The van der Waals surface area contributed by atoms with Gasteiger partial charge in [0.2, 0.25) is 5.91 Å². The second kappa shape index (κ2) is 8.37. The van der Waals surface area contributed by atoms with Crippen molar-refractivity contribution >= 4 is 18.0 Å². The average Bonchev–Trinajstić information content (AvgIpc) is 2.53. The van der Waals surface area contributed by atoms with Crippen LogP contribution in [-0.2, 0) is 14.3 Å². The van der Waals surface area contributed by atoms with Crippen LogP contribution in [0.3, 0.4) is 0 Å². The SMILES string of the molecule is CC(=O)NC(=Cc1ccccc1)C(=O)OCC1CCCCC1. The largest absolute Gasteiger partial charge is 0.461 e. The molecule has 1 saturated carbocycles. The van der Waals surface area contributed by atoms with Gasteiger partial charge in [0.15, 0.2) is 0 Å². The Morgan fingerprint density at radius 3 is 2.50 bits per heavy atom. The predicted octanol–water partition coefficient (Wildman–Crippen LogP) is 3.29. The Morgan fingerprint density at radius 2 is 1.86 bits per heavy atom. The third-order valence-corrected chi connectivity index (χ3v) is 3.82. The van der Waals surface area contributed by atoms with Crippen molar-refractivity contribution in [2.45, 2.75) is 39.0 Å². The maximum atomic E-state index is 12.2. The van der Waals surface area contributed by atoms with Crippen LogP contribution in [0.15, 0.2) is 36.0 Å². The lowest BCUT2D eigenvalue weighted by molar-refractivity contribution is -0.141. The molecular weight excluding hydrogens is 278 g/mol. The van der Waals surface area contributed by atoms with Crippen LogP contribution in [0.25, 0.3) is 6.08 Å². The van der Waals surface area contributed by atoms with Gasteiger partial charge in [0.1, 0.15) is 5.70 Å². The summed E-state index contributed by atoms with van der Waals surface area (Å²) in [6.45, 7) is 1.82. The highest BCUT2D eigenvalue weighted by Gasteiger charge is 2.18. The maximum Gasteiger partial charge on any atom is 0.354 e. The Labute approximate surface area is 131 Å². The Morgan fingerprint density at radius 1 is 1.18 bits per heavy atom. The summed E-state index contributed by atoms with van der Waals surface area (Å²) in [5.41, 5.74) is 1.04. The Kier molecular flexibility index (Phi) is 6.19. The Bertz CT molecular complexity index is 531. The van der Waals surface area contributed by atoms with Gasteiger partial charge in [-0.25, -0.2) is 4.79 Å². The molecule has 0 saturated heterocycles. The molecule has 1 aliphatic rings. The molecule has 22 heavy (non-hydrogen) atoms. The Hall–Kier alpha value is -2.10. The number of esters is 1. The van der Waals surface area contributed by atoms with E-state index < -0.39 is 5.97 Å². The topological polar surface area (TPSA) is 55.4 Å². The smallest absolute Gasteiger partial charge is 0.354 e. The van der Waals surface area contributed by atoms with E-state index >= 15 is 0 Å². The zero-order valence-corrected chi connectivity index (χ0v) is 13.0. The van der Waals surface area contributed by atoms with Gasteiger partial charge in [-0.1, -0.05) is 49.6 Å².